The second-order valence-corrected chi connectivity index (χ2v) is 10.0. The van der Waals surface area contributed by atoms with Crippen LogP contribution in [0.4, 0.5) is 0 Å². The maximum atomic E-state index is 4.84. The molecule has 1 nitrogen and oxygen atoms in total. The summed E-state index contributed by atoms with van der Waals surface area (Å²) in [6, 6.07) is 17.9. The van der Waals surface area contributed by atoms with Crippen molar-refractivity contribution in [1.29, 1.82) is 0 Å². The summed E-state index contributed by atoms with van der Waals surface area (Å²) in [6.45, 7) is 2.36. The first-order valence-corrected chi connectivity index (χ1v) is 13.0. The number of fused-ring (bicyclic) bond motifs is 2. The molecule has 0 fully saturated rings. The molecule has 2 aliphatic carbocycles. The van der Waals surface area contributed by atoms with Gasteiger partial charge < -0.3 is 0 Å². The van der Waals surface area contributed by atoms with E-state index in [1.54, 1.807) is 11.1 Å². The van der Waals surface area contributed by atoms with Crippen LogP contribution in [0, 0.1) is 5.92 Å². The van der Waals surface area contributed by atoms with Crippen molar-refractivity contribution >= 4 is 10.8 Å². The van der Waals surface area contributed by atoms with Crippen LogP contribution in [-0.4, -0.2) is 4.98 Å². The number of hydrogen-bond acceptors (Lipinski definition) is 1. The number of pyridine rings is 1. The van der Waals surface area contributed by atoms with Crippen molar-refractivity contribution in [3.05, 3.63) is 119 Å². The maximum absolute atomic E-state index is 4.84. The molecular formula is C33H35N. The SMILES string of the molecule is C[C@H](CCc1nccc2c1CCC(CCCC1=CC=C=CC=C1)C2)c1ccc2ccccc2c1. The summed E-state index contributed by atoms with van der Waals surface area (Å²) < 4.78 is 0. The van der Waals surface area contributed by atoms with Crippen molar-refractivity contribution in [3.8, 4) is 0 Å². The third-order valence-electron chi connectivity index (χ3n) is 7.68. The van der Waals surface area contributed by atoms with Crippen LogP contribution < -0.4 is 0 Å². The summed E-state index contributed by atoms with van der Waals surface area (Å²) in [5, 5.41) is 2.66. The Bertz CT molecular complexity index is 1270. The van der Waals surface area contributed by atoms with E-state index in [2.05, 4.69) is 85.6 Å². The van der Waals surface area contributed by atoms with E-state index in [9.17, 15) is 0 Å². The Hall–Kier alpha value is -3.15. The van der Waals surface area contributed by atoms with E-state index in [1.807, 2.05) is 12.2 Å². The normalized spacial score (nSPS) is 17.9. The van der Waals surface area contributed by atoms with Gasteiger partial charge >= 0.3 is 0 Å². The average molecular weight is 446 g/mol. The van der Waals surface area contributed by atoms with Gasteiger partial charge in [0, 0.05) is 11.9 Å². The Morgan fingerprint density at radius 3 is 2.88 bits per heavy atom. The molecule has 1 unspecified atom stereocenters. The lowest BCUT2D eigenvalue weighted by Crippen LogP contribution is -2.17. The van der Waals surface area contributed by atoms with Crippen LogP contribution in [0.15, 0.2) is 96.4 Å². The van der Waals surface area contributed by atoms with E-state index < -0.39 is 0 Å². The summed E-state index contributed by atoms with van der Waals surface area (Å²) in [5.41, 5.74) is 10.5. The molecule has 0 amide bonds. The lowest BCUT2D eigenvalue weighted by Gasteiger charge is -2.26. The van der Waals surface area contributed by atoms with Crippen molar-refractivity contribution in [2.45, 2.75) is 64.2 Å². The number of benzene rings is 2. The van der Waals surface area contributed by atoms with Crippen molar-refractivity contribution in [2.75, 3.05) is 0 Å². The van der Waals surface area contributed by atoms with Crippen molar-refractivity contribution in [1.82, 2.24) is 4.98 Å². The smallest absolute Gasteiger partial charge is 0.0438 e. The van der Waals surface area contributed by atoms with Gasteiger partial charge in [0.25, 0.3) is 0 Å². The highest BCUT2D eigenvalue weighted by atomic mass is 14.7. The van der Waals surface area contributed by atoms with E-state index in [-0.39, 0.29) is 0 Å². The molecule has 172 valence electrons. The number of nitrogens with zero attached hydrogens (tertiary/aromatic N) is 1. The Balaban J connectivity index is 1.17. The van der Waals surface area contributed by atoms with Crippen LogP contribution in [0.5, 0.6) is 0 Å². The molecule has 34 heavy (non-hydrogen) atoms. The molecule has 2 aromatic carbocycles. The first-order valence-electron chi connectivity index (χ1n) is 13.0. The number of hydrogen-bond donors (Lipinski definition) is 0. The summed E-state index contributed by atoms with van der Waals surface area (Å²) in [4.78, 5) is 4.84. The first-order chi connectivity index (χ1) is 16.8. The molecular weight excluding hydrogens is 410 g/mol. The zero-order chi connectivity index (χ0) is 23.2. The topological polar surface area (TPSA) is 12.9 Å². The minimum absolute atomic E-state index is 0.538. The first kappa shape index (κ1) is 22.6. The number of allylic oxidation sites excluding steroid dienone is 5. The second kappa shape index (κ2) is 10.9. The minimum atomic E-state index is 0.538. The lowest BCUT2D eigenvalue weighted by atomic mass is 9.80. The average Bonchev–Trinajstić information content (AvgIpc) is 3.15. The van der Waals surface area contributed by atoms with Crippen molar-refractivity contribution in [2.24, 2.45) is 5.92 Å². The third-order valence-corrected chi connectivity index (χ3v) is 7.68. The third kappa shape index (κ3) is 5.49. The summed E-state index contributed by atoms with van der Waals surface area (Å²) in [6.07, 6.45) is 22.3. The van der Waals surface area contributed by atoms with Gasteiger partial charge in [-0.05, 0) is 114 Å². The highest BCUT2D eigenvalue weighted by Gasteiger charge is 2.21. The van der Waals surface area contributed by atoms with Crippen LogP contribution in [0.25, 0.3) is 10.8 Å². The molecule has 5 rings (SSSR count). The minimum Gasteiger partial charge on any atom is -0.261 e. The molecule has 3 aromatic rings. The van der Waals surface area contributed by atoms with E-state index in [4.69, 9.17) is 4.98 Å². The van der Waals surface area contributed by atoms with Gasteiger partial charge in [-0.1, -0.05) is 67.6 Å². The number of aryl methyl sites for hydroxylation is 1. The van der Waals surface area contributed by atoms with E-state index in [0.29, 0.717) is 5.92 Å². The molecule has 2 atom stereocenters. The molecule has 0 N–H and O–H groups in total. The fourth-order valence-electron chi connectivity index (χ4n) is 5.59. The molecule has 0 bridgehead atoms. The fourth-order valence-corrected chi connectivity index (χ4v) is 5.59. The molecule has 1 aromatic heterocycles. The Kier molecular flexibility index (Phi) is 7.22. The molecule has 0 radical (unpaired) electrons. The predicted molar refractivity (Wildman–Crippen MR) is 144 cm³/mol. The quantitative estimate of drug-likeness (QED) is 0.317. The predicted octanol–water partition coefficient (Wildman–Crippen LogP) is 8.45. The largest absolute Gasteiger partial charge is 0.261 e. The van der Waals surface area contributed by atoms with Gasteiger partial charge in [0.1, 0.15) is 0 Å². The van der Waals surface area contributed by atoms with Gasteiger partial charge in [-0.2, -0.15) is 0 Å². The van der Waals surface area contributed by atoms with Gasteiger partial charge in [-0.15, -0.1) is 5.73 Å². The Morgan fingerprint density at radius 1 is 1.03 bits per heavy atom. The fraction of sp³-hybridized carbons (Fsp3) is 0.333. The zero-order valence-electron chi connectivity index (χ0n) is 20.3. The molecule has 2 aliphatic rings. The molecule has 1 heterocycles. The van der Waals surface area contributed by atoms with E-state index in [0.717, 1.165) is 18.8 Å². The monoisotopic (exact) mass is 445 g/mol. The standard InChI is InChI=1S/C33H35N/c1-25(29-18-17-28-13-6-7-14-30(28)24-29)15-20-33-32-19-16-27(23-31(32)21-22-34-33)12-8-11-26-9-4-2-3-5-10-26/h2,4-7,9-10,13-14,17-18,21-22,24-25,27H,8,11-12,15-16,19-20,23H2,1H3/t25-,27?/m1/s1. The summed E-state index contributed by atoms with van der Waals surface area (Å²) in [7, 11) is 0. The van der Waals surface area contributed by atoms with E-state index >= 15 is 0 Å². The molecule has 0 aliphatic heterocycles. The number of aromatic nitrogens is 1. The maximum Gasteiger partial charge on any atom is 0.0438 e. The summed E-state index contributed by atoms with van der Waals surface area (Å²) in [5.74, 6) is 1.35. The Morgan fingerprint density at radius 2 is 1.94 bits per heavy atom. The van der Waals surface area contributed by atoms with Crippen LogP contribution >= 0.6 is 0 Å². The van der Waals surface area contributed by atoms with Gasteiger partial charge in [-0.25, -0.2) is 0 Å². The zero-order valence-corrected chi connectivity index (χ0v) is 20.3. The highest BCUT2D eigenvalue weighted by Crippen LogP contribution is 2.32. The second-order valence-electron chi connectivity index (χ2n) is 10.0. The molecule has 0 spiro atoms. The van der Waals surface area contributed by atoms with E-state index in [1.165, 1.54) is 66.1 Å². The summed E-state index contributed by atoms with van der Waals surface area (Å²) >= 11 is 0. The Labute approximate surface area is 204 Å². The number of rotatable bonds is 8. The highest BCUT2D eigenvalue weighted by molar-refractivity contribution is 5.83. The van der Waals surface area contributed by atoms with Gasteiger partial charge in [0.2, 0.25) is 0 Å². The molecule has 1 heteroatoms. The molecule has 0 saturated carbocycles. The van der Waals surface area contributed by atoms with Crippen LogP contribution in [0.1, 0.15) is 67.3 Å². The van der Waals surface area contributed by atoms with Gasteiger partial charge in [0.15, 0.2) is 0 Å². The van der Waals surface area contributed by atoms with Gasteiger partial charge in [-0.3, -0.25) is 4.98 Å². The lowest BCUT2D eigenvalue weighted by molar-refractivity contribution is 0.413. The molecule has 0 saturated heterocycles. The van der Waals surface area contributed by atoms with Crippen molar-refractivity contribution in [3.63, 3.8) is 0 Å². The van der Waals surface area contributed by atoms with Crippen LogP contribution in [0.3, 0.4) is 0 Å². The van der Waals surface area contributed by atoms with Crippen LogP contribution in [0.2, 0.25) is 0 Å². The van der Waals surface area contributed by atoms with Gasteiger partial charge in [0.05, 0.1) is 0 Å². The van der Waals surface area contributed by atoms with Crippen LogP contribution in [-0.2, 0) is 19.3 Å². The van der Waals surface area contributed by atoms with Crippen molar-refractivity contribution < 1.29 is 0 Å².